The third kappa shape index (κ3) is 2.38. The first-order valence-electron chi connectivity index (χ1n) is 3.74. The van der Waals surface area contributed by atoms with E-state index in [4.69, 9.17) is 5.11 Å². The van der Waals surface area contributed by atoms with E-state index in [1.165, 1.54) is 0 Å². The van der Waals surface area contributed by atoms with Crippen LogP contribution in [0.15, 0.2) is 0 Å². The Hall–Kier alpha value is -0.770. The molecule has 0 bridgehead atoms. The molecule has 0 heterocycles. The summed E-state index contributed by atoms with van der Waals surface area (Å²) in [5.74, 6) is 0.529. The first-order valence-corrected chi connectivity index (χ1v) is 3.74. The van der Waals surface area contributed by atoms with Gasteiger partial charge in [0, 0.05) is 12.6 Å². The Kier molecular flexibility index (Phi) is 2.34. The third-order valence-corrected chi connectivity index (χ3v) is 2.06. The minimum atomic E-state index is -0.922. The van der Waals surface area contributed by atoms with Gasteiger partial charge in [0.15, 0.2) is 0 Å². The van der Waals surface area contributed by atoms with Gasteiger partial charge in [-0.2, -0.15) is 0 Å². The molecule has 1 amide bonds. The van der Waals surface area contributed by atoms with Crippen molar-refractivity contribution in [3.8, 4) is 0 Å². The van der Waals surface area contributed by atoms with Crippen molar-refractivity contribution in [3.05, 3.63) is 0 Å². The van der Waals surface area contributed by atoms with Crippen molar-refractivity contribution in [2.45, 2.75) is 12.5 Å². The third-order valence-electron chi connectivity index (χ3n) is 2.06. The van der Waals surface area contributed by atoms with Gasteiger partial charge in [-0.05, 0) is 26.4 Å². The van der Waals surface area contributed by atoms with E-state index in [1.807, 2.05) is 14.1 Å². The molecule has 1 fully saturated rings. The second-order valence-electron chi connectivity index (χ2n) is 3.21. The lowest BCUT2D eigenvalue weighted by Gasteiger charge is -2.07. The maximum atomic E-state index is 10.1. The molecule has 4 nitrogen and oxygen atoms in total. The summed E-state index contributed by atoms with van der Waals surface area (Å²) in [6.07, 6.45) is 0.196. The van der Waals surface area contributed by atoms with E-state index >= 15 is 0 Å². The summed E-state index contributed by atoms with van der Waals surface area (Å²) < 4.78 is 0. The van der Waals surface area contributed by atoms with Crippen molar-refractivity contribution in [1.82, 2.24) is 10.2 Å². The Labute approximate surface area is 66.2 Å². The number of nitrogens with zero attached hydrogens (tertiary/aromatic N) is 1. The van der Waals surface area contributed by atoms with Gasteiger partial charge in [0.05, 0.1) is 0 Å². The minimum Gasteiger partial charge on any atom is -0.465 e. The predicted molar refractivity (Wildman–Crippen MR) is 41.6 cm³/mol. The van der Waals surface area contributed by atoms with Crippen LogP contribution in [0, 0.1) is 5.92 Å². The Morgan fingerprint density at radius 2 is 2.36 bits per heavy atom. The van der Waals surface area contributed by atoms with Crippen LogP contribution in [0.3, 0.4) is 0 Å². The quantitative estimate of drug-likeness (QED) is 0.617. The molecule has 0 saturated heterocycles. The first-order chi connectivity index (χ1) is 5.11. The number of carboxylic acid groups (broad SMARTS) is 1. The highest BCUT2D eigenvalue weighted by atomic mass is 16.4. The molecule has 1 saturated carbocycles. The topological polar surface area (TPSA) is 52.6 Å². The Balaban J connectivity index is 2.09. The van der Waals surface area contributed by atoms with Crippen LogP contribution in [0.5, 0.6) is 0 Å². The molecule has 0 spiro atoms. The van der Waals surface area contributed by atoms with Gasteiger partial charge in [-0.1, -0.05) is 0 Å². The van der Waals surface area contributed by atoms with Crippen LogP contribution in [0.25, 0.3) is 0 Å². The number of hydrogen-bond donors (Lipinski definition) is 2. The van der Waals surface area contributed by atoms with Crippen molar-refractivity contribution in [3.63, 3.8) is 0 Å². The SMILES string of the molecule is CN(C)[C@H]1C[C@H]1CNC(=O)O. The molecule has 2 N–H and O–H groups in total. The average Bonchev–Trinajstić information content (AvgIpc) is 2.61. The van der Waals surface area contributed by atoms with E-state index in [-0.39, 0.29) is 0 Å². The van der Waals surface area contributed by atoms with Crippen LogP contribution in [0.1, 0.15) is 6.42 Å². The van der Waals surface area contributed by atoms with E-state index < -0.39 is 6.09 Å². The molecule has 0 unspecified atom stereocenters. The summed E-state index contributed by atoms with van der Waals surface area (Å²) in [5.41, 5.74) is 0. The van der Waals surface area contributed by atoms with Crippen molar-refractivity contribution in [2.75, 3.05) is 20.6 Å². The molecule has 0 aliphatic heterocycles. The lowest BCUT2D eigenvalue weighted by molar-refractivity contribution is 0.193. The van der Waals surface area contributed by atoms with E-state index in [2.05, 4.69) is 10.2 Å². The molecule has 0 aromatic heterocycles. The van der Waals surface area contributed by atoms with Gasteiger partial charge in [0.25, 0.3) is 0 Å². The molecule has 2 atom stereocenters. The summed E-state index contributed by atoms with van der Waals surface area (Å²) in [6, 6.07) is 0.585. The van der Waals surface area contributed by atoms with Crippen LogP contribution in [0.4, 0.5) is 4.79 Å². The normalized spacial score (nSPS) is 28.6. The van der Waals surface area contributed by atoms with Crippen molar-refractivity contribution < 1.29 is 9.90 Å². The van der Waals surface area contributed by atoms with Gasteiger partial charge < -0.3 is 15.3 Å². The zero-order chi connectivity index (χ0) is 8.43. The Morgan fingerprint density at radius 3 is 2.73 bits per heavy atom. The predicted octanol–water partition coefficient (Wildman–Crippen LogP) is 0.204. The maximum absolute atomic E-state index is 10.1. The van der Waals surface area contributed by atoms with Crippen molar-refractivity contribution in [2.24, 2.45) is 5.92 Å². The molecule has 1 aliphatic carbocycles. The zero-order valence-electron chi connectivity index (χ0n) is 6.87. The molecule has 0 aromatic carbocycles. The Morgan fingerprint density at radius 1 is 1.73 bits per heavy atom. The van der Waals surface area contributed by atoms with Gasteiger partial charge in [-0.15, -0.1) is 0 Å². The van der Waals surface area contributed by atoms with E-state index in [0.717, 1.165) is 6.42 Å². The fourth-order valence-corrected chi connectivity index (χ4v) is 1.30. The molecule has 1 aliphatic rings. The molecule has 0 radical (unpaired) electrons. The van der Waals surface area contributed by atoms with Crippen molar-refractivity contribution >= 4 is 6.09 Å². The molecular weight excluding hydrogens is 144 g/mol. The molecule has 11 heavy (non-hydrogen) atoms. The first kappa shape index (κ1) is 8.33. The van der Waals surface area contributed by atoms with Crippen LogP contribution < -0.4 is 5.32 Å². The minimum absolute atomic E-state index is 0.529. The molecule has 0 aromatic rings. The standard InChI is InChI=1S/C7H14N2O2/c1-9(2)6-3-5(6)4-8-7(10)11/h5-6,8H,3-4H2,1-2H3,(H,10,11)/t5-,6-/m0/s1. The second kappa shape index (κ2) is 3.09. The van der Waals surface area contributed by atoms with Gasteiger partial charge in [0.2, 0.25) is 0 Å². The highest BCUT2D eigenvalue weighted by Gasteiger charge is 2.38. The largest absolute Gasteiger partial charge is 0.465 e. The van der Waals surface area contributed by atoms with Crippen LogP contribution in [-0.4, -0.2) is 42.8 Å². The fraction of sp³-hybridized carbons (Fsp3) is 0.857. The lowest BCUT2D eigenvalue weighted by Crippen LogP contribution is -2.26. The lowest BCUT2D eigenvalue weighted by atomic mass is 10.4. The second-order valence-corrected chi connectivity index (χ2v) is 3.21. The molecule has 64 valence electrons. The van der Waals surface area contributed by atoms with Gasteiger partial charge in [-0.25, -0.2) is 4.79 Å². The summed E-state index contributed by atoms with van der Waals surface area (Å²) in [4.78, 5) is 12.2. The fourth-order valence-electron chi connectivity index (χ4n) is 1.30. The maximum Gasteiger partial charge on any atom is 0.404 e. The molecule has 4 heteroatoms. The monoisotopic (exact) mass is 158 g/mol. The number of rotatable bonds is 3. The number of nitrogens with one attached hydrogen (secondary N) is 1. The summed E-state index contributed by atoms with van der Waals surface area (Å²) >= 11 is 0. The van der Waals surface area contributed by atoms with Crippen LogP contribution >= 0.6 is 0 Å². The van der Waals surface area contributed by atoms with E-state index in [9.17, 15) is 4.79 Å². The average molecular weight is 158 g/mol. The van der Waals surface area contributed by atoms with Gasteiger partial charge in [-0.3, -0.25) is 0 Å². The number of hydrogen-bond acceptors (Lipinski definition) is 2. The van der Waals surface area contributed by atoms with E-state index in [0.29, 0.717) is 18.5 Å². The number of carbonyl (C=O) groups is 1. The summed E-state index contributed by atoms with van der Waals surface area (Å²) in [5, 5.41) is 10.7. The number of amides is 1. The summed E-state index contributed by atoms with van der Waals surface area (Å²) in [6.45, 7) is 0.595. The highest BCUT2D eigenvalue weighted by molar-refractivity contribution is 5.64. The molecular formula is C7H14N2O2. The van der Waals surface area contributed by atoms with E-state index in [1.54, 1.807) is 0 Å². The van der Waals surface area contributed by atoms with Gasteiger partial charge >= 0.3 is 6.09 Å². The zero-order valence-corrected chi connectivity index (χ0v) is 6.87. The Bertz CT molecular complexity index is 159. The van der Waals surface area contributed by atoms with Crippen molar-refractivity contribution in [1.29, 1.82) is 0 Å². The van der Waals surface area contributed by atoms with Crippen LogP contribution in [0.2, 0.25) is 0 Å². The highest BCUT2D eigenvalue weighted by Crippen LogP contribution is 2.33. The molecule has 1 rings (SSSR count). The summed E-state index contributed by atoms with van der Waals surface area (Å²) in [7, 11) is 4.04. The van der Waals surface area contributed by atoms with Crippen LogP contribution in [-0.2, 0) is 0 Å². The smallest absolute Gasteiger partial charge is 0.404 e. The van der Waals surface area contributed by atoms with Gasteiger partial charge in [0.1, 0.15) is 0 Å².